The molecule has 4 heterocycles. The number of amides is 1. The van der Waals surface area contributed by atoms with E-state index in [0.717, 1.165) is 10.4 Å². The molecule has 0 spiro atoms. The van der Waals surface area contributed by atoms with Crippen LogP contribution in [0.4, 0.5) is 5.69 Å². The van der Waals surface area contributed by atoms with Gasteiger partial charge in [0.1, 0.15) is 11.4 Å². The fourth-order valence-corrected chi connectivity index (χ4v) is 4.37. The molecule has 27 heavy (non-hydrogen) atoms. The lowest BCUT2D eigenvalue weighted by Crippen LogP contribution is -2.27. The van der Waals surface area contributed by atoms with Crippen LogP contribution in [0, 0.1) is 0 Å². The molecule has 0 aliphatic heterocycles. The van der Waals surface area contributed by atoms with E-state index in [9.17, 15) is 9.59 Å². The second-order valence-electron chi connectivity index (χ2n) is 5.62. The zero-order chi connectivity index (χ0) is 18.8. The minimum Gasteiger partial charge on any atom is -0.481 e. The van der Waals surface area contributed by atoms with E-state index < -0.39 is 0 Å². The van der Waals surface area contributed by atoms with E-state index in [2.05, 4.69) is 15.3 Å². The van der Waals surface area contributed by atoms with Crippen LogP contribution in [0.3, 0.4) is 0 Å². The molecule has 0 unspecified atom stereocenters. The van der Waals surface area contributed by atoms with E-state index in [1.54, 1.807) is 23.5 Å². The number of nitrogens with one attached hydrogen (secondary N) is 1. The molecular formula is C18H14N4O3S2. The van der Waals surface area contributed by atoms with Gasteiger partial charge in [-0.25, -0.2) is 9.97 Å². The third-order valence-corrected chi connectivity index (χ3v) is 5.68. The quantitative estimate of drug-likeness (QED) is 0.558. The largest absolute Gasteiger partial charge is 0.481 e. The van der Waals surface area contributed by atoms with Crippen molar-refractivity contribution in [2.45, 2.75) is 6.54 Å². The molecule has 0 aliphatic carbocycles. The van der Waals surface area contributed by atoms with Gasteiger partial charge >= 0.3 is 0 Å². The van der Waals surface area contributed by atoms with Gasteiger partial charge < -0.3 is 10.1 Å². The van der Waals surface area contributed by atoms with Crippen molar-refractivity contribution in [1.82, 2.24) is 14.5 Å². The first-order valence-corrected chi connectivity index (χ1v) is 9.72. The van der Waals surface area contributed by atoms with Gasteiger partial charge in [0.05, 0.1) is 18.8 Å². The third-order valence-electron chi connectivity index (χ3n) is 3.89. The highest BCUT2D eigenvalue weighted by molar-refractivity contribution is 7.18. The highest BCUT2D eigenvalue weighted by Crippen LogP contribution is 2.33. The molecule has 0 saturated heterocycles. The van der Waals surface area contributed by atoms with Gasteiger partial charge in [-0.05, 0) is 17.5 Å². The summed E-state index contributed by atoms with van der Waals surface area (Å²) in [5.74, 6) is 0.0614. The van der Waals surface area contributed by atoms with E-state index in [1.807, 2.05) is 22.9 Å². The molecule has 4 aromatic rings. The zero-order valence-electron chi connectivity index (χ0n) is 14.2. The van der Waals surface area contributed by atoms with Crippen LogP contribution >= 0.6 is 22.7 Å². The second-order valence-corrected chi connectivity index (χ2v) is 7.43. The summed E-state index contributed by atoms with van der Waals surface area (Å²) in [5.41, 5.74) is 1.17. The molecular weight excluding hydrogens is 384 g/mol. The van der Waals surface area contributed by atoms with Crippen LogP contribution in [-0.2, 0) is 11.3 Å². The maximum atomic E-state index is 12.9. The summed E-state index contributed by atoms with van der Waals surface area (Å²) >= 11 is 2.98. The lowest BCUT2D eigenvalue weighted by atomic mass is 10.2. The number of carbonyl (C=O) groups excluding carboxylic acids is 1. The molecule has 0 aromatic carbocycles. The van der Waals surface area contributed by atoms with Crippen molar-refractivity contribution in [3.05, 3.63) is 57.9 Å². The first kappa shape index (κ1) is 17.4. The number of anilines is 1. The SMILES string of the molecule is COc1cc(NC(=O)Cn2cnc3scc(-c4cccs4)c3c2=O)ccn1. The molecule has 7 nitrogen and oxygen atoms in total. The number of thiophene rings is 2. The Hall–Kier alpha value is -3.04. The maximum Gasteiger partial charge on any atom is 0.263 e. The summed E-state index contributed by atoms with van der Waals surface area (Å²) in [7, 11) is 1.50. The summed E-state index contributed by atoms with van der Waals surface area (Å²) in [6, 6.07) is 7.16. The minimum absolute atomic E-state index is 0.133. The molecule has 0 aliphatic rings. The van der Waals surface area contributed by atoms with Crippen molar-refractivity contribution >= 4 is 44.5 Å². The fourth-order valence-electron chi connectivity index (χ4n) is 2.65. The Morgan fingerprint density at radius 1 is 1.30 bits per heavy atom. The van der Waals surface area contributed by atoms with Gasteiger partial charge in [0.2, 0.25) is 11.8 Å². The van der Waals surface area contributed by atoms with E-state index in [1.165, 1.54) is 35.5 Å². The first-order valence-electron chi connectivity index (χ1n) is 7.96. The number of aromatic nitrogens is 3. The molecule has 0 radical (unpaired) electrons. The van der Waals surface area contributed by atoms with E-state index in [-0.39, 0.29) is 18.0 Å². The summed E-state index contributed by atoms with van der Waals surface area (Å²) in [5, 5.41) is 7.17. The lowest BCUT2D eigenvalue weighted by Gasteiger charge is -2.08. The van der Waals surface area contributed by atoms with E-state index in [4.69, 9.17) is 4.74 Å². The van der Waals surface area contributed by atoms with Crippen molar-refractivity contribution in [3.63, 3.8) is 0 Å². The Kier molecular flexibility index (Phi) is 4.69. The molecule has 9 heteroatoms. The smallest absolute Gasteiger partial charge is 0.263 e. The lowest BCUT2D eigenvalue weighted by molar-refractivity contribution is -0.116. The van der Waals surface area contributed by atoms with Crippen molar-refractivity contribution in [3.8, 4) is 16.3 Å². The third kappa shape index (κ3) is 3.46. The number of pyridine rings is 1. The van der Waals surface area contributed by atoms with Crippen molar-refractivity contribution < 1.29 is 9.53 Å². The van der Waals surface area contributed by atoms with E-state index >= 15 is 0 Å². The number of rotatable bonds is 5. The van der Waals surface area contributed by atoms with Crippen LogP contribution in [0.25, 0.3) is 20.7 Å². The topological polar surface area (TPSA) is 86.1 Å². The fraction of sp³-hybridized carbons (Fsp3) is 0.111. The number of fused-ring (bicyclic) bond motifs is 1. The molecule has 1 amide bonds. The molecule has 0 bridgehead atoms. The maximum absolute atomic E-state index is 12.9. The van der Waals surface area contributed by atoms with Gasteiger partial charge in [0, 0.05) is 33.8 Å². The van der Waals surface area contributed by atoms with Crippen LogP contribution < -0.4 is 15.6 Å². The van der Waals surface area contributed by atoms with Crippen molar-refractivity contribution in [2.24, 2.45) is 0 Å². The van der Waals surface area contributed by atoms with Crippen LogP contribution in [0.15, 0.2) is 52.3 Å². The van der Waals surface area contributed by atoms with Gasteiger partial charge in [0.15, 0.2) is 0 Å². The Morgan fingerprint density at radius 3 is 2.96 bits per heavy atom. The van der Waals surface area contributed by atoms with Gasteiger partial charge in [-0.1, -0.05) is 6.07 Å². The molecule has 4 aromatic heterocycles. The number of carbonyl (C=O) groups is 1. The number of methoxy groups -OCH3 is 1. The number of hydrogen-bond donors (Lipinski definition) is 1. The summed E-state index contributed by atoms with van der Waals surface area (Å²) in [6.07, 6.45) is 2.94. The zero-order valence-corrected chi connectivity index (χ0v) is 15.8. The van der Waals surface area contributed by atoms with Gasteiger partial charge in [0.25, 0.3) is 5.56 Å². The molecule has 0 atom stereocenters. The first-order chi connectivity index (χ1) is 13.2. The number of ether oxygens (including phenoxy) is 1. The van der Waals surface area contributed by atoms with Crippen LogP contribution in [0.2, 0.25) is 0 Å². The van der Waals surface area contributed by atoms with Crippen molar-refractivity contribution in [1.29, 1.82) is 0 Å². The van der Waals surface area contributed by atoms with Crippen LogP contribution in [0.5, 0.6) is 5.88 Å². The number of nitrogens with zero attached hydrogens (tertiary/aromatic N) is 3. The highest BCUT2D eigenvalue weighted by Gasteiger charge is 2.15. The Balaban J connectivity index is 1.62. The average molecular weight is 398 g/mol. The van der Waals surface area contributed by atoms with Gasteiger partial charge in [-0.3, -0.25) is 14.2 Å². The summed E-state index contributed by atoms with van der Waals surface area (Å²) in [4.78, 5) is 35.3. The van der Waals surface area contributed by atoms with Crippen molar-refractivity contribution in [2.75, 3.05) is 12.4 Å². The Bertz CT molecular complexity index is 1170. The highest BCUT2D eigenvalue weighted by atomic mass is 32.1. The average Bonchev–Trinajstić information content (AvgIpc) is 3.33. The minimum atomic E-state index is -0.334. The van der Waals surface area contributed by atoms with Gasteiger partial charge in [-0.15, -0.1) is 22.7 Å². The predicted molar refractivity (Wildman–Crippen MR) is 107 cm³/mol. The molecule has 1 N–H and O–H groups in total. The molecule has 0 saturated carbocycles. The Morgan fingerprint density at radius 2 is 2.19 bits per heavy atom. The summed E-state index contributed by atoms with van der Waals surface area (Å²) in [6.45, 7) is -0.133. The monoisotopic (exact) mass is 398 g/mol. The summed E-state index contributed by atoms with van der Waals surface area (Å²) < 4.78 is 6.36. The van der Waals surface area contributed by atoms with Crippen LogP contribution in [-0.4, -0.2) is 27.6 Å². The van der Waals surface area contributed by atoms with Crippen LogP contribution in [0.1, 0.15) is 0 Å². The predicted octanol–water partition coefficient (Wildman–Crippen LogP) is 3.23. The normalized spacial score (nSPS) is 10.9. The molecule has 0 fully saturated rings. The Labute approximate surface area is 161 Å². The standard InChI is InChI=1S/C18H14N4O3S2/c1-25-15-7-11(4-5-19-15)21-14(23)8-22-10-20-17-16(18(22)24)12(9-27-17)13-3-2-6-26-13/h2-7,9-10H,8H2,1H3,(H,19,21,23). The number of hydrogen-bond acceptors (Lipinski definition) is 7. The molecule has 4 rings (SSSR count). The van der Waals surface area contributed by atoms with Gasteiger partial charge in [-0.2, -0.15) is 0 Å². The van der Waals surface area contributed by atoms with E-state index in [0.29, 0.717) is 21.8 Å². The second kappa shape index (κ2) is 7.29. The molecule has 136 valence electrons.